The third kappa shape index (κ3) is 5.61. The first-order valence-electron chi connectivity index (χ1n) is 11.3. The molecule has 1 saturated heterocycles. The Morgan fingerprint density at radius 2 is 1.92 bits per heavy atom. The number of nitro groups is 1. The summed E-state index contributed by atoms with van der Waals surface area (Å²) >= 11 is 8.80. The molecule has 37 heavy (non-hydrogen) atoms. The van der Waals surface area contributed by atoms with Crippen molar-refractivity contribution in [3.05, 3.63) is 80.8 Å². The van der Waals surface area contributed by atoms with Gasteiger partial charge in [0.25, 0.3) is 11.6 Å². The largest absolute Gasteiger partial charge is 0.436 e. The minimum atomic E-state index is -0.554. The van der Waals surface area contributed by atoms with Crippen molar-refractivity contribution in [1.82, 2.24) is 10.3 Å². The predicted octanol–water partition coefficient (Wildman–Crippen LogP) is 5.13. The molecule has 4 aromatic rings. The monoisotopic (exact) mass is 581 g/mol. The van der Waals surface area contributed by atoms with Gasteiger partial charge in [0.1, 0.15) is 5.52 Å². The van der Waals surface area contributed by atoms with E-state index >= 15 is 0 Å². The number of hydrogen-bond acceptors (Lipinski definition) is 8. The summed E-state index contributed by atoms with van der Waals surface area (Å²) in [7, 11) is 0. The molecule has 1 aliphatic rings. The minimum absolute atomic E-state index is 0.0412. The maximum absolute atomic E-state index is 13.1. The van der Waals surface area contributed by atoms with Crippen molar-refractivity contribution in [3.63, 3.8) is 0 Å². The van der Waals surface area contributed by atoms with Crippen molar-refractivity contribution in [2.75, 3.05) is 36.5 Å². The molecule has 10 nitrogen and oxygen atoms in total. The smallest absolute Gasteiger partial charge is 0.270 e. The number of thiocarbonyl (C=S) groups is 1. The van der Waals surface area contributed by atoms with Crippen LogP contribution in [-0.4, -0.2) is 47.2 Å². The molecule has 1 aliphatic heterocycles. The van der Waals surface area contributed by atoms with Gasteiger partial charge < -0.3 is 19.4 Å². The number of anilines is 2. The molecule has 5 rings (SSSR count). The third-order valence-electron chi connectivity index (χ3n) is 5.73. The van der Waals surface area contributed by atoms with E-state index in [9.17, 15) is 14.9 Å². The second-order valence-electron chi connectivity index (χ2n) is 8.18. The highest BCUT2D eigenvalue weighted by molar-refractivity contribution is 9.10. The van der Waals surface area contributed by atoms with Crippen LogP contribution in [0.4, 0.5) is 17.1 Å². The lowest BCUT2D eigenvalue weighted by atomic mass is 10.1. The van der Waals surface area contributed by atoms with Crippen molar-refractivity contribution in [2.24, 2.45) is 0 Å². The highest BCUT2D eigenvalue weighted by atomic mass is 79.9. The summed E-state index contributed by atoms with van der Waals surface area (Å²) < 4.78 is 12.2. The van der Waals surface area contributed by atoms with E-state index in [4.69, 9.17) is 21.4 Å². The van der Waals surface area contributed by atoms with E-state index in [1.165, 1.54) is 12.1 Å². The lowest BCUT2D eigenvalue weighted by Gasteiger charge is -2.30. The number of rotatable bonds is 5. The molecular formula is C25H20BrN5O5S. The summed E-state index contributed by atoms with van der Waals surface area (Å²) in [5, 5.41) is 17.0. The second kappa shape index (κ2) is 10.6. The fourth-order valence-electron chi connectivity index (χ4n) is 3.98. The molecule has 0 aliphatic carbocycles. The fraction of sp³-hybridized carbons (Fsp3) is 0.160. The van der Waals surface area contributed by atoms with Crippen LogP contribution in [0.1, 0.15) is 10.4 Å². The maximum Gasteiger partial charge on any atom is 0.270 e. The van der Waals surface area contributed by atoms with Crippen LogP contribution in [0.2, 0.25) is 0 Å². The number of nitrogens with zero attached hydrogens (tertiary/aromatic N) is 3. The number of morpholine rings is 1. The van der Waals surface area contributed by atoms with Gasteiger partial charge in [-0.05, 0) is 54.7 Å². The van der Waals surface area contributed by atoms with Gasteiger partial charge in [0, 0.05) is 40.9 Å². The van der Waals surface area contributed by atoms with Crippen LogP contribution >= 0.6 is 28.1 Å². The van der Waals surface area contributed by atoms with Gasteiger partial charge in [-0.2, -0.15) is 0 Å². The number of oxazole rings is 1. The quantitative estimate of drug-likeness (QED) is 0.187. The summed E-state index contributed by atoms with van der Waals surface area (Å²) in [6.07, 6.45) is 0. The second-order valence-corrected chi connectivity index (χ2v) is 9.50. The Labute approximate surface area is 224 Å². The number of non-ortho nitro benzene ring substituents is 1. The van der Waals surface area contributed by atoms with Crippen molar-refractivity contribution in [3.8, 4) is 11.5 Å². The molecule has 0 radical (unpaired) electrons. The number of ether oxygens (including phenoxy) is 1. The first-order chi connectivity index (χ1) is 17.9. The van der Waals surface area contributed by atoms with E-state index < -0.39 is 10.8 Å². The number of aromatic nitrogens is 1. The lowest BCUT2D eigenvalue weighted by Crippen LogP contribution is -2.39. The molecule has 1 aromatic heterocycles. The standard InChI is InChI=1S/C25H20BrN5O5S/c26-16-3-1-2-15(12-16)24-28-20-13-17(4-7-22(20)36-24)27-25(37)29-23(32)19-14-18(31(33)34)5-6-21(19)30-8-10-35-11-9-30/h1-7,12-14H,8-11H2,(H2,27,29,32,37). The first kappa shape index (κ1) is 24.8. The normalized spacial score (nSPS) is 13.4. The Kier molecular flexibility index (Phi) is 7.12. The van der Waals surface area contributed by atoms with Gasteiger partial charge in [0.2, 0.25) is 5.89 Å². The summed E-state index contributed by atoms with van der Waals surface area (Å²) in [6.45, 7) is 2.15. The van der Waals surface area contributed by atoms with Gasteiger partial charge in [-0.3, -0.25) is 20.2 Å². The van der Waals surface area contributed by atoms with E-state index in [1.807, 2.05) is 29.2 Å². The summed E-state index contributed by atoms with van der Waals surface area (Å²) in [5.41, 5.74) is 3.20. The lowest BCUT2D eigenvalue weighted by molar-refractivity contribution is -0.384. The van der Waals surface area contributed by atoms with Crippen LogP contribution in [0.15, 0.2) is 69.6 Å². The molecule has 0 spiro atoms. The Bertz CT molecular complexity index is 1520. The number of halogens is 1. The van der Waals surface area contributed by atoms with Crippen molar-refractivity contribution in [1.29, 1.82) is 0 Å². The van der Waals surface area contributed by atoms with E-state index in [2.05, 4.69) is 31.5 Å². The molecule has 1 amide bonds. The topological polar surface area (TPSA) is 123 Å². The minimum Gasteiger partial charge on any atom is -0.436 e. The molecule has 0 bridgehead atoms. The highest BCUT2D eigenvalue weighted by Gasteiger charge is 2.23. The van der Waals surface area contributed by atoms with Gasteiger partial charge in [-0.1, -0.05) is 22.0 Å². The van der Waals surface area contributed by atoms with Crippen LogP contribution < -0.4 is 15.5 Å². The molecule has 188 valence electrons. The van der Waals surface area contributed by atoms with Crippen LogP contribution in [0, 0.1) is 10.1 Å². The fourth-order valence-corrected chi connectivity index (χ4v) is 4.59. The molecule has 3 aromatic carbocycles. The Morgan fingerprint density at radius 3 is 2.68 bits per heavy atom. The van der Waals surface area contributed by atoms with E-state index in [0.29, 0.717) is 54.7 Å². The molecule has 0 atom stereocenters. The molecular weight excluding hydrogens is 562 g/mol. The molecule has 12 heteroatoms. The molecule has 1 fully saturated rings. The van der Waals surface area contributed by atoms with Gasteiger partial charge >= 0.3 is 0 Å². The summed E-state index contributed by atoms with van der Waals surface area (Å²) in [5.74, 6) is -0.0761. The summed E-state index contributed by atoms with van der Waals surface area (Å²) in [6, 6.07) is 17.1. The zero-order chi connectivity index (χ0) is 25.9. The molecule has 0 unspecified atom stereocenters. The van der Waals surface area contributed by atoms with E-state index in [1.54, 1.807) is 24.3 Å². The maximum atomic E-state index is 13.1. The highest BCUT2D eigenvalue weighted by Crippen LogP contribution is 2.29. The number of hydrogen-bond donors (Lipinski definition) is 2. The molecule has 2 heterocycles. The summed E-state index contributed by atoms with van der Waals surface area (Å²) in [4.78, 5) is 30.4. The zero-order valence-electron chi connectivity index (χ0n) is 19.3. The Balaban J connectivity index is 1.33. The van der Waals surface area contributed by atoms with Crippen LogP contribution in [-0.2, 0) is 4.74 Å². The van der Waals surface area contributed by atoms with Crippen molar-refractivity contribution < 1.29 is 18.9 Å². The van der Waals surface area contributed by atoms with Crippen LogP contribution in [0.25, 0.3) is 22.6 Å². The van der Waals surface area contributed by atoms with Gasteiger partial charge in [-0.15, -0.1) is 0 Å². The predicted molar refractivity (Wildman–Crippen MR) is 147 cm³/mol. The third-order valence-corrected chi connectivity index (χ3v) is 6.43. The molecule has 2 N–H and O–H groups in total. The number of carbonyl (C=O) groups excluding carboxylic acids is 1. The molecule has 0 saturated carbocycles. The Morgan fingerprint density at radius 1 is 1.11 bits per heavy atom. The number of carbonyl (C=O) groups is 1. The SMILES string of the molecule is O=C(NC(=S)Nc1ccc2oc(-c3cccc(Br)c3)nc2c1)c1cc([N+](=O)[O-])ccc1N1CCOCC1. The van der Waals surface area contributed by atoms with Crippen LogP contribution in [0.5, 0.6) is 0 Å². The van der Waals surface area contributed by atoms with Gasteiger partial charge in [-0.25, -0.2) is 4.98 Å². The van der Waals surface area contributed by atoms with Crippen LogP contribution in [0.3, 0.4) is 0 Å². The zero-order valence-corrected chi connectivity index (χ0v) is 21.7. The number of fused-ring (bicyclic) bond motifs is 1. The number of benzene rings is 3. The average Bonchev–Trinajstić information content (AvgIpc) is 3.32. The van der Waals surface area contributed by atoms with E-state index in [-0.39, 0.29) is 16.4 Å². The number of nitrogens with one attached hydrogen (secondary N) is 2. The first-order valence-corrected chi connectivity index (χ1v) is 12.5. The van der Waals surface area contributed by atoms with Crippen molar-refractivity contribution >= 4 is 67.3 Å². The Hall–Kier alpha value is -3.87. The number of nitro benzene ring substituents is 1. The van der Waals surface area contributed by atoms with E-state index in [0.717, 1.165) is 10.0 Å². The van der Waals surface area contributed by atoms with Gasteiger partial charge in [0.05, 0.1) is 29.4 Å². The van der Waals surface area contributed by atoms with Crippen molar-refractivity contribution in [2.45, 2.75) is 0 Å². The average molecular weight is 582 g/mol. The number of amides is 1. The van der Waals surface area contributed by atoms with Gasteiger partial charge in [0.15, 0.2) is 10.7 Å².